The number of hydrogen-bond donors (Lipinski definition) is 1. The molecule has 9 heteroatoms. The fourth-order valence-electron chi connectivity index (χ4n) is 3.24. The van der Waals surface area contributed by atoms with Gasteiger partial charge in [0.1, 0.15) is 12.6 Å². The zero-order valence-electron chi connectivity index (χ0n) is 13.4. The number of piperidine rings is 1. The van der Waals surface area contributed by atoms with Crippen LogP contribution in [0.25, 0.3) is 0 Å². The summed E-state index contributed by atoms with van der Waals surface area (Å²) in [6.45, 7) is 0.848. The van der Waals surface area contributed by atoms with Crippen molar-refractivity contribution in [3.05, 3.63) is 47.7 Å². The van der Waals surface area contributed by atoms with Crippen LogP contribution < -0.4 is 5.73 Å². The second-order valence-corrected chi connectivity index (χ2v) is 6.08. The molecule has 25 heavy (non-hydrogen) atoms. The standard InChI is InChI=1S/C16H17N5O4/c17-13(22)15-19-18-14(25-15)12-7-6-11-8-20(12)16(23)21(11)24-9-10-4-2-1-3-5-10/h1-5,11-12H,6-9H2,(H2,17,22)/t11-,12+/m1/s1. The molecule has 1 aromatic carbocycles. The number of amides is 3. The van der Waals surface area contributed by atoms with E-state index in [1.54, 1.807) is 4.90 Å². The topological polar surface area (TPSA) is 115 Å². The number of hydroxylamine groups is 2. The van der Waals surface area contributed by atoms with Crippen molar-refractivity contribution in [2.45, 2.75) is 31.5 Å². The van der Waals surface area contributed by atoms with Crippen LogP contribution in [0.1, 0.15) is 41.0 Å². The molecule has 2 bridgehead atoms. The van der Waals surface area contributed by atoms with E-state index < -0.39 is 5.91 Å². The molecule has 0 saturated carbocycles. The van der Waals surface area contributed by atoms with Crippen LogP contribution in [0.5, 0.6) is 0 Å². The first-order chi connectivity index (χ1) is 12.1. The number of carbonyl (C=O) groups excluding carboxylic acids is 2. The molecule has 2 N–H and O–H groups in total. The van der Waals surface area contributed by atoms with Crippen molar-refractivity contribution in [1.29, 1.82) is 0 Å². The first kappa shape index (κ1) is 15.6. The Hall–Kier alpha value is -2.94. The number of aromatic nitrogens is 2. The van der Waals surface area contributed by atoms with Crippen LogP contribution in [0.2, 0.25) is 0 Å². The van der Waals surface area contributed by atoms with E-state index in [4.69, 9.17) is 15.0 Å². The maximum Gasteiger partial charge on any atom is 0.345 e. The van der Waals surface area contributed by atoms with Crippen molar-refractivity contribution >= 4 is 11.9 Å². The zero-order chi connectivity index (χ0) is 17.4. The molecule has 2 aliphatic rings. The Morgan fingerprint density at radius 3 is 2.80 bits per heavy atom. The number of urea groups is 1. The predicted octanol–water partition coefficient (Wildman–Crippen LogP) is 1.24. The molecule has 4 rings (SSSR count). The summed E-state index contributed by atoms with van der Waals surface area (Å²) < 4.78 is 5.30. The summed E-state index contributed by atoms with van der Waals surface area (Å²) in [5.74, 6) is -0.806. The third-order valence-electron chi connectivity index (χ3n) is 4.47. The van der Waals surface area contributed by atoms with Gasteiger partial charge < -0.3 is 15.1 Å². The molecule has 0 spiro atoms. The maximum absolute atomic E-state index is 12.7. The highest BCUT2D eigenvalue weighted by Gasteiger charge is 2.47. The van der Waals surface area contributed by atoms with Crippen molar-refractivity contribution in [3.8, 4) is 0 Å². The monoisotopic (exact) mass is 343 g/mol. The minimum Gasteiger partial charge on any atom is -0.415 e. The van der Waals surface area contributed by atoms with Gasteiger partial charge in [-0.15, -0.1) is 10.2 Å². The van der Waals surface area contributed by atoms with E-state index in [-0.39, 0.29) is 29.9 Å². The van der Waals surface area contributed by atoms with Crippen molar-refractivity contribution in [2.75, 3.05) is 6.54 Å². The Morgan fingerprint density at radius 1 is 1.28 bits per heavy atom. The molecule has 0 aliphatic carbocycles. The Balaban J connectivity index is 1.47. The molecule has 2 aliphatic heterocycles. The van der Waals surface area contributed by atoms with Crippen molar-refractivity contribution < 1.29 is 18.8 Å². The summed E-state index contributed by atoms with van der Waals surface area (Å²) in [4.78, 5) is 31.2. The van der Waals surface area contributed by atoms with Gasteiger partial charge in [-0.1, -0.05) is 30.3 Å². The molecule has 2 atom stereocenters. The predicted molar refractivity (Wildman–Crippen MR) is 83.8 cm³/mol. The highest BCUT2D eigenvalue weighted by Crippen LogP contribution is 2.38. The molecule has 2 fully saturated rings. The third-order valence-corrected chi connectivity index (χ3v) is 4.47. The SMILES string of the molecule is NC(=O)c1nnc([C@@H]2CC[C@@H]3CN2C(=O)N3OCc2ccccc2)o1. The lowest BCUT2D eigenvalue weighted by atomic mass is 10.0. The van der Waals surface area contributed by atoms with E-state index in [0.29, 0.717) is 19.6 Å². The maximum atomic E-state index is 12.7. The molecule has 2 saturated heterocycles. The van der Waals surface area contributed by atoms with Gasteiger partial charge in [-0.2, -0.15) is 5.06 Å². The highest BCUT2D eigenvalue weighted by molar-refractivity contribution is 5.87. The van der Waals surface area contributed by atoms with Gasteiger partial charge in [0.15, 0.2) is 0 Å². The second-order valence-electron chi connectivity index (χ2n) is 6.08. The van der Waals surface area contributed by atoms with Crippen LogP contribution >= 0.6 is 0 Å². The van der Waals surface area contributed by atoms with Crippen LogP contribution in [0.15, 0.2) is 34.7 Å². The van der Waals surface area contributed by atoms with E-state index in [9.17, 15) is 9.59 Å². The van der Waals surface area contributed by atoms with Crippen LogP contribution in [-0.2, 0) is 11.4 Å². The molecule has 9 nitrogen and oxygen atoms in total. The number of primary amides is 1. The van der Waals surface area contributed by atoms with Gasteiger partial charge in [-0.3, -0.25) is 9.63 Å². The summed E-state index contributed by atoms with van der Waals surface area (Å²) in [7, 11) is 0. The Labute approximate surface area is 143 Å². The molecule has 3 amide bonds. The number of rotatable bonds is 5. The molecule has 1 aromatic heterocycles. The highest BCUT2D eigenvalue weighted by atomic mass is 16.7. The average molecular weight is 343 g/mol. The number of nitrogens with two attached hydrogens (primary N) is 1. The van der Waals surface area contributed by atoms with E-state index in [0.717, 1.165) is 12.0 Å². The van der Waals surface area contributed by atoms with Gasteiger partial charge in [0.2, 0.25) is 5.89 Å². The quantitative estimate of drug-likeness (QED) is 0.873. The van der Waals surface area contributed by atoms with Crippen LogP contribution in [0, 0.1) is 0 Å². The number of benzene rings is 1. The van der Waals surface area contributed by atoms with Gasteiger partial charge >= 0.3 is 17.8 Å². The Kier molecular flexibility index (Phi) is 3.85. The summed E-state index contributed by atoms with van der Waals surface area (Å²) >= 11 is 0. The fourth-order valence-corrected chi connectivity index (χ4v) is 3.24. The smallest absolute Gasteiger partial charge is 0.345 e. The average Bonchev–Trinajstić information content (AvgIpc) is 3.20. The zero-order valence-corrected chi connectivity index (χ0v) is 13.4. The van der Waals surface area contributed by atoms with Gasteiger partial charge in [-0.05, 0) is 18.4 Å². The second kappa shape index (κ2) is 6.17. The van der Waals surface area contributed by atoms with Gasteiger partial charge in [0.25, 0.3) is 0 Å². The lowest BCUT2D eigenvalue weighted by molar-refractivity contribution is -0.140. The van der Waals surface area contributed by atoms with E-state index in [1.807, 2.05) is 30.3 Å². The normalized spacial score (nSPS) is 22.5. The van der Waals surface area contributed by atoms with Crippen molar-refractivity contribution in [1.82, 2.24) is 20.2 Å². The third kappa shape index (κ3) is 2.82. The Bertz CT molecular complexity index is 793. The summed E-state index contributed by atoms with van der Waals surface area (Å²) in [6, 6.07) is 9.06. The molecule has 3 heterocycles. The van der Waals surface area contributed by atoms with Gasteiger partial charge in [-0.25, -0.2) is 4.79 Å². The number of fused-ring (bicyclic) bond motifs is 2. The summed E-state index contributed by atoms with van der Waals surface area (Å²) in [5.41, 5.74) is 6.12. The van der Waals surface area contributed by atoms with Crippen molar-refractivity contribution in [2.24, 2.45) is 5.73 Å². The lowest BCUT2D eigenvalue weighted by Crippen LogP contribution is -2.34. The van der Waals surface area contributed by atoms with E-state index in [1.165, 1.54) is 5.06 Å². The summed E-state index contributed by atoms with van der Waals surface area (Å²) in [5, 5.41) is 8.91. The van der Waals surface area contributed by atoms with Gasteiger partial charge in [0.05, 0.1) is 6.04 Å². The number of nitrogens with zero attached hydrogens (tertiary/aromatic N) is 4. The van der Waals surface area contributed by atoms with E-state index >= 15 is 0 Å². The lowest BCUT2D eigenvalue weighted by Gasteiger charge is -2.27. The van der Waals surface area contributed by atoms with Crippen LogP contribution in [0.4, 0.5) is 4.79 Å². The Morgan fingerprint density at radius 2 is 2.08 bits per heavy atom. The van der Waals surface area contributed by atoms with Crippen LogP contribution in [0.3, 0.4) is 0 Å². The summed E-state index contributed by atoms with van der Waals surface area (Å²) in [6.07, 6.45) is 1.40. The fraction of sp³-hybridized carbons (Fsp3) is 0.375. The molecule has 2 aromatic rings. The first-order valence-corrected chi connectivity index (χ1v) is 8.03. The molecule has 0 unspecified atom stereocenters. The minimum absolute atomic E-state index is 0.00834. The molecule has 0 radical (unpaired) electrons. The largest absolute Gasteiger partial charge is 0.415 e. The van der Waals surface area contributed by atoms with Crippen molar-refractivity contribution in [3.63, 3.8) is 0 Å². The van der Waals surface area contributed by atoms with E-state index in [2.05, 4.69) is 10.2 Å². The molecular weight excluding hydrogens is 326 g/mol. The number of hydrogen-bond acceptors (Lipinski definition) is 6. The molecule has 130 valence electrons. The van der Waals surface area contributed by atoms with Crippen LogP contribution in [-0.4, -0.2) is 44.7 Å². The minimum atomic E-state index is -0.784. The number of carbonyl (C=O) groups is 2. The first-order valence-electron chi connectivity index (χ1n) is 8.03. The van der Waals surface area contributed by atoms with Gasteiger partial charge in [0, 0.05) is 6.54 Å². The molecular formula is C16H17N5O4.